The van der Waals surface area contributed by atoms with Crippen molar-refractivity contribution >= 4 is 15.8 Å². The molecule has 1 N–H and O–H groups in total. The van der Waals surface area contributed by atoms with Crippen LogP contribution in [0.25, 0.3) is 0 Å². The van der Waals surface area contributed by atoms with Crippen LogP contribution in [-0.2, 0) is 10.1 Å². The summed E-state index contributed by atoms with van der Waals surface area (Å²) in [5.74, 6) is 0. The monoisotopic (exact) mass is 186 g/mol. The van der Waals surface area contributed by atoms with E-state index >= 15 is 0 Å². The summed E-state index contributed by atoms with van der Waals surface area (Å²) in [4.78, 5) is -0.116. The first-order valence-electron chi connectivity index (χ1n) is 3.21. The fraction of sp³-hybridized carbons (Fsp3) is 0.143. The van der Waals surface area contributed by atoms with Gasteiger partial charge in [-0.25, -0.2) is 0 Å². The molecular weight excluding hydrogens is 178 g/mol. The number of benzene rings is 1. The second-order valence-corrected chi connectivity index (χ2v) is 3.61. The highest BCUT2D eigenvalue weighted by Gasteiger charge is 2.07. The Balaban J connectivity index is 3.09. The predicted octanol–water partition coefficient (Wildman–Crippen LogP) is 0.799. The van der Waals surface area contributed by atoms with Gasteiger partial charge in [0.1, 0.15) is 0 Å². The summed E-state index contributed by atoms with van der Waals surface area (Å²) in [7, 11) is -2.47. The van der Waals surface area contributed by atoms with Gasteiger partial charge >= 0.3 is 0 Å². The standard InChI is InChI=1S/C7H8NO3S/c1-8-6-2-4-7(5-3-6)12(9,10)11/h2-5H,1H3,(H,9,10,11). The molecule has 0 spiro atoms. The Bertz CT molecular complexity index is 355. The molecule has 0 aliphatic carbocycles. The molecule has 5 heteroatoms. The zero-order valence-electron chi connectivity index (χ0n) is 6.43. The Hall–Kier alpha value is -1.07. The van der Waals surface area contributed by atoms with Crippen molar-refractivity contribution in [2.45, 2.75) is 4.90 Å². The normalized spacial score (nSPS) is 11.2. The summed E-state index contributed by atoms with van der Waals surface area (Å²) in [5.41, 5.74) is 0.669. The minimum absolute atomic E-state index is 0.116. The minimum atomic E-state index is -4.07. The van der Waals surface area contributed by atoms with Gasteiger partial charge in [-0.15, -0.1) is 0 Å². The second kappa shape index (κ2) is 3.12. The molecule has 0 heterocycles. The molecular formula is C7H8NO3S. The molecule has 0 unspecified atom stereocenters. The third-order valence-corrected chi connectivity index (χ3v) is 2.26. The SMILES string of the molecule is C[N]c1ccc(S(=O)(=O)O)cc1. The molecule has 0 atom stereocenters. The van der Waals surface area contributed by atoms with E-state index in [1.165, 1.54) is 24.3 Å². The summed E-state index contributed by atoms with van der Waals surface area (Å²) >= 11 is 0. The maximum atomic E-state index is 10.6. The van der Waals surface area contributed by atoms with Gasteiger partial charge < -0.3 is 0 Å². The molecule has 4 nitrogen and oxygen atoms in total. The van der Waals surface area contributed by atoms with Gasteiger partial charge in [0.2, 0.25) is 0 Å². The molecule has 0 aromatic heterocycles. The number of hydrogen-bond donors (Lipinski definition) is 1. The lowest BCUT2D eigenvalue weighted by Crippen LogP contribution is -1.97. The minimum Gasteiger partial charge on any atom is -0.289 e. The van der Waals surface area contributed by atoms with Crippen LogP contribution in [0.2, 0.25) is 0 Å². The molecule has 65 valence electrons. The molecule has 1 aromatic rings. The van der Waals surface area contributed by atoms with Crippen molar-refractivity contribution in [2.75, 3.05) is 7.05 Å². The van der Waals surface area contributed by atoms with E-state index in [1.54, 1.807) is 7.05 Å². The average Bonchev–Trinajstić information content (AvgIpc) is 2.03. The first kappa shape index (κ1) is 9.02. The predicted molar refractivity (Wildman–Crippen MR) is 44.0 cm³/mol. The summed E-state index contributed by atoms with van der Waals surface area (Å²) < 4.78 is 29.7. The van der Waals surface area contributed by atoms with Crippen molar-refractivity contribution < 1.29 is 13.0 Å². The van der Waals surface area contributed by atoms with E-state index in [9.17, 15) is 8.42 Å². The van der Waals surface area contributed by atoms with Crippen molar-refractivity contribution in [1.29, 1.82) is 0 Å². The van der Waals surface area contributed by atoms with E-state index in [0.29, 0.717) is 5.69 Å². The molecule has 1 aromatic carbocycles. The van der Waals surface area contributed by atoms with E-state index < -0.39 is 10.1 Å². The molecule has 0 bridgehead atoms. The van der Waals surface area contributed by atoms with Crippen LogP contribution < -0.4 is 5.32 Å². The summed E-state index contributed by atoms with van der Waals surface area (Å²) in [6.45, 7) is 0. The van der Waals surface area contributed by atoms with E-state index in [2.05, 4.69) is 5.32 Å². The molecule has 0 aliphatic rings. The van der Waals surface area contributed by atoms with Crippen molar-refractivity contribution in [1.82, 2.24) is 5.32 Å². The lowest BCUT2D eigenvalue weighted by Gasteiger charge is -1.98. The van der Waals surface area contributed by atoms with Crippen molar-refractivity contribution in [3.05, 3.63) is 24.3 Å². The first-order valence-corrected chi connectivity index (χ1v) is 4.65. The smallest absolute Gasteiger partial charge is 0.289 e. The van der Waals surface area contributed by atoms with E-state index in [-0.39, 0.29) is 4.90 Å². The van der Waals surface area contributed by atoms with Crippen LogP contribution in [0.4, 0.5) is 5.69 Å². The maximum absolute atomic E-state index is 10.6. The van der Waals surface area contributed by atoms with Crippen LogP contribution in [0.1, 0.15) is 0 Å². The second-order valence-electron chi connectivity index (χ2n) is 2.19. The quantitative estimate of drug-likeness (QED) is 0.694. The summed E-state index contributed by atoms with van der Waals surface area (Å²) in [6.07, 6.45) is 0. The molecule has 0 saturated carbocycles. The highest BCUT2D eigenvalue weighted by atomic mass is 32.2. The van der Waals surface area contributed by atoms with Gasteiger partial charge in [0.25, 0.3) is 10.1 Å². The molecule has 0 amide bonds. The molecule has 12 heavy (non-hydrogen) atoms. The van der Waals surface area contributed by atoms with Crippen molar-refractivity contribution in [3.8, 4) is 0 Å². The summed E-state index contributed by atoms with van der Waals surface area (Å²) in [5, 5.41) is 3.82. The highest BCUT2D eigenvalue weighted by molar-refractivity contribution is 7.85. The van der Waals surface area contributed by atoms with Crippen LogP contribution in [0.5, 0.6) is 0 Å². The van der Waals surface area contributed by atoms with Crippen LogP contribution in [0.15, 0.2) is 29.2 Å². The average molecular weight is 186 g/mol. The van der Waals surface area contributed by atoms with Gasteiger partial charge in [-0.3, -0.25) is 9.87 Å². The van der Waals surface area contributed by atoms with Gasteiger partial charge in [-0.05, 0) is 24.3 Å². The van der Waals surface area contributed by atoms with Gasteiger partial charge in [0.05, 0.1) is 10.6 Å². The number of nitrogens with zero attached hydrogens (tertiary/aromatic N) is 1. The van der Waals surface area contributed by atoms with Gasteiger partial charge in [-0.2, -0.15) is 8.42 Å². The van der Waals surface area contributed by atoms with Gasteiger partial charge in [0.15, 0.2) is 0 Å². The zero-order chi connectivity index (χ0) is 9.19. The maximum Gasteiger partial charge on any atom is 0.294 e. The topological polar surface area (TPSA) is 68.5 Å². The van der Waals surface area contributed by atoms with Crippen LogP contribution in [-0.4, -0.2) is 20.0 Å². The van der Waals surface area contributed by atoms with E-state index in [1.807, 2.05) is 0 Å². The number of hydrogen-bond acceptors (Lipinski definition) is 2. The fourth-order valence-corrected chi connectivity index (χ4v) is 1.25. The van der Waals surface area contributed by atoms with Crippen molar-refractivity contribution in [2.24, 2.45) is 0 Å². The Kier molecular flexibility index (Phi) is 2.35. The highest BCUT2D eigenvalue weighted by Crippen LogP contribution is 2.12. The molecule has 0 aliphatic heterocycles. The van der Waals surface area contributed by atoms with E-state index in [4.69, 9.17) is 4.55 Å². The molecule has 1 rings (SSSR count). The van der Waals surface area contributed by atoms with Gasteiger partial charge in [0, 0.05) is 7.05 Å². The summed E-state index contributed by atoms with van der Waals surface area (Å²) in [6, 6.07) is 5.64. The lowest BCUT2D eigenvalue weighted by atomic mass is 10.3. The van der Waals surface area contributed by atoms with Crippen LogP contribution >= 0.6 is 0 Å². The Labute approximate surface area is 71.0 Å². The van der Waals surface area contributed by atoms with E-state index in [0.717, 1.165) is 0 Å². The first-order chi connectivity index (χ1) is 5.54. The van der Waals surface area contributed by atoms with Gasteiger partial charge in [-0.1, -0.05) is 0 Å². The van der Waals surface area contributed by atoms with Crippen LogP contribution in [0, 0.1) is 0 Å². The van der Waals surface area contributed by atoms with Crippen molar-refractivity contribution in [3.63, 3.8) is 0 Å². The molecule has 0 saturated heterocycles. The zero-order valence-corrected chi connectivity index (χ0v) is 7.25. The molecule has 1 radical (unpaired) electrons. The Morgan fingerprint density at radius 1 is 1.25 bits per heavy atom. The third kappa shape index (κ3) is 1.96. The Morgan fingerprint density at radius 2 is 1.75 bits per heavy atom. The fourth-order valence-electron chi connectivity index (χ4n) is 0.767. The number of rotatable bonds is 2. The van der Waals surface area contributed by atoms with Crippen LogP contribution in [0.3, 0.4) is 0 Å². The largest absolute Gasteiger partial charge is 0.294 e. The Morgan fingerprint density at radius 3 is 2.08 bits per heavy atom. The lowest BCUT2D eigenvalue weighted by molar-refractivity contribution is 0.483. The third-order valence-electron chi connectivity index (χ3n) is 1.39. The molecule has 0 fully saturated rings.